The van der Waals surface area contributed by atoms with Crippen LogP contribution in [0, 0.1) is 0 Å². The Morgan fingerprint density at radius 1 is 1.42 bits per heavy atom. The van der Waals surface area contributed by atoms with Gasteiger partial charge in [0.15, 0.2) is 5.03 Å². The molecule has 0 radical (unpaired) electrons. The van der Waals surface area contributed by atoms with Crippen molar-refractivity contribution in [2.24, 2.45) is 0 Å². The van der Waals surface area contributed by atoms with Crippen LogP contribution in [0.25, 0.3) is 0 Å². The maximum absolute atomic E-state index is 12.1. The fourth-order valence-corrected chi connectivity index (χ4v) is 3.21. The van der Waals surface area contributed by atoms with E-state index in [9.17, 15) is 12.6 Å². The number of hydrogen-bond donors (Lipinski definition) is 2. The van der Waals surface area contributed by atoms with E-state index < -0.39 is 20.8 Å². The molecule has 1 aromatic rings. The van der Waals surface area contributed by atoms with Crippen molar-refractivity contribution in [3.05, 3.63) is 18.3 Å². The molecule has 1 aromatic heterocycles. The molecule has 0 amide bonds. The first-order chi connectivity index (χ1) is 8.97. The van der Waals surface area contributed by atoms with Crippen LogP contribution < -0.4 is 10.0 Å². The maximum atomic E-state index is 12.1. The molecule has 2 N–H and O–H groups in total. The number of aromatic nitrogens is 1. The average Bonchev–Trinajstić information content (AvgIpc) is 2.35. The lowest BCUT2D eigenvalue weighted by Crippen LogP contribution is -2.27. The third-order valence-corrected chi connectivity index (χ3v) is 4.58. The summed E-state index contributed by atoms with van der Waals surface area (Å²) in [5, 5.41) is 2.96. The van der Waals surface area contributed by atoms with Gasteiger partial charge in [-0.3, -0.25) is 4.21 Å². The average molecular weight is 305 g/mol. The van der Waals surface area contributed by atoms with Crippen molar-refractivity contribution in [1.82, 2.24) is 9.71 Å². The van der Waals surface area contributed by atoms with Crippen molar-refractivity contribution >= 4 is 26.5 Å². The Morgan fingerprint density at radius 2 is 2.16 bits per heavy atom. The lowest BCUT2D eigenvalue weighted by Gasteiger charge is -2.10. The van der Waals surface area contributed by atoms with Crippen molar-refractivity contribution in [2.45, 2.75) is 18.4 Å². The normalized spacial score (nSPS) is 13.2. The minimum Gasteiger partial charge on any atom is -0.383 e. The number of rotatable bonds is 8. The molecule has 8 heteroatoms. The zero-order valence-electron chi connectivity index (χ0n) is 11.0. The van der Waals surface area contributed by atoms with Crippen LogP contribution in [-0.2, 0) is 20.8 Å². The second-order valence-electron chi connectivity index (χ2n) is 3.92. The highest BCUT2D eigenvalue weighted by Crippen LogP contribution is 2.17. The number of nitrogens with one attached hydrogen (secondary N) is 2. The largest absolute Gasteiger partial charge is 0.383 e. The number of hydrogen-bond acceptors (Lipinski definition) is 5. The molecular formula is C11H19N3O3S2. The summed E-state index contributed by atoms with van der Waals surface area (Å²) in [5.74, 6) is 0.477. The summed E-state index contributed by atoms with van der Waals surface area (Å²) in [4.78, 5) is 3.91. The zero-order chi connectivity index (χ0) is 14.3. The Labute approximate surface area is 116 Å². The summed E-state index contributed by atoms with van der Waals surface area (Å²) >= 11 is 0. The second-order valence-corrected chi connectivity index (χ2v) is 7.15. The van der Waals surface area contributed by atoms with E-state index >= 15 is 0 Å². The lowest BCUT2D eigenvalue weighted by molar-refractivity contribution is 0.577. The van der Waals surface area contributed by atoms with Gasteiger partial charge in [-0.05, 0) is 25.5 Å². The van der Waals surface area contributed by atoms with E-state index in [1.54, 1.807) is 18.4 Å². The van der Waals surface area contributed by atoms with Crippen LogP contribution in [0.15, 0.2) is 23.4 Å². The molecule has 0 spiro atoms. The summed E-state index contributed by atoms with van der Waals surface area (Å²) < 4.78 is 37.5. The van der Waals surface area contributed by atoms with E-state index in [1.807, 2.05) is 6.92 Å². The SMILES string of the molecule is CCNc1cccnc1S(=O)(=O)NCCCS(C)=O. The van der Waals surface area contributed by atoms with Crippen molar-refractivity contribution in [1.29, 1.82) is 0 Å². The van der Waals surface area contributed by atoms with E-state index in [2.05, 4.69) is 15.0 Å². The summed E-state index contributed by atoms with van der Waals surface area (Å²) in [6.07, 6.45) is 3.57. The van der Waals surface area contributed by atoms with Gasteiger partial charge in [-0.15, -0.1) is 0 Å². The molecule has 1 unspecified atom stereocenters. The van der Waals surface area contributed by atoms with Crippen molar-refractivity contribution < 1.29 is 12.6 Å². The smallest absolute Gasteiger partial charge is 0.260 e. The van der Waals surface area contributed by atoms with Gasteiger partial charge in [-0.2, -0.15) is 0 Å². The Bertz CT molecular complexity index is 532. The number of sulfonamides is 1. The molecule has 0 saturated heterocycles. The van der Waals surface area contributed by atoms with Gasteiger partial charge in [0.2, 0.25) is 0 Å². The molecule has 1 atom stereocenters. The predicted octanol–water partition coefficient (Wildman–Crippen LogP) is 0.560. The third kappa shape index (κ3) is 5.25. The third-order valence-electron chi connectivity index (χ3n) is 2.29. The molecule has 0 aliphatic rings. The molecule has 1 heterocycles. The monoisotopic (exact) mass is 305 g/mol. The quantitative estimate of drug-likeness (QED) is 0.685. The van der Waals surface area contributed by atoms with Crippen LogP contribution in [0.3, 0.4) is 0 Å². The van der Waals surface area contributed by atoms with E-state index in [0.717, 1.165) is 0 Å². The van der Waals surface area contributed by atoms with Gasteiger partial charge in [0.05, 0.1) is 5.69 Å². The highest BCUT2D eigenvalue weighted by Gasteiger charge is 2.19. The highest BCUT2D eigenvalue weighted by atomic mass is 32.2. The Morgan fingerprint density at radius 3 is 2.79 bits per heavy atom. The summed E-state index contributed by atoms with van der Waals surface area (Å²) in [5.41, 5.74) is 0.483. The van der Waals surface area contributed by atoms with Crippen LogP contribution >= 0.6 is 0 Å². The first-order valence-electron chi connectivity index (χ1n) is 5.96. The standard InChI is InChI=1S/C11H19N3O3S2/c1-3-12-10-6-4-7-13-11(10)19(16,17)14-8-5-9-18(2)15/h4,6-7,12,14H,3,5,8-9H2,1-2H3. The van der Waals surface area contributed by atoms with Gasteiger partial charge < -0.3 is 5.32 Å². The molecule has 0 fully saturated rings. The van der Waals surface area contributed by atoms with Gasteiger partial charge in [-0.1, -0.05) is 0 Å². The minimum atomic E-state index is -3.63. The van der Waals surface area contributed by atoms with Crippen LogP contribution in [0.2, 0.25) is 0 Å². The molecule has 6 nitrogen and oxygen atoms in total. The number of pyridine rings is 1. The van der Waals surface area contributed by atoms with Gasteiger partial charge in [0.25, 0.3) is 10.0 Å². The first kappa shape index (κ1) is 16.1. The van der Waals surface area contributed by atoms with Crippen molar-refractivity contribution in [2.75, 3.05) is 30.4 Å². The summed E-state index contributed by atoms with van der Waals surface area (Å²) in [7, 11) is -4.54. The van der Waals surface area contributed by atoms with Crippen molar-refractivity contribution in [3.63, 3.8) is 0 Å². The van der Waals surface area contributed by atoms with E-state index in [1.165, 1.54) is 6.20 Å². The molecule has 0 bridgehead atoms. The first-order valence-corrected chi connectivity index (χ1v) is 9.17. The summed E-state index contributed by atoms with van der Waals surface area (Å²) in [6.45, 7) is 2.75. The van der Waals surface area contributed by atoms with Gasteiger partial charge >= 0.3 is 0 Å². The Kier molecular flexibility index (Phi) is 6.40. The molecule has 19 heavy (non-hydrogen) atoms. The number of nitrogens with zero attached hydrogens (tertiary/aromatic N) is 1. The van der Waals surface area contributed by atoms with Crippen LogP contribution in [-0.4, -0.2) is 42.7 Å². The maximum Gasteiger partial charge on any atom is 0.260 e. The van der Waals surface area contributed by atoms with Gasteiger partial charge in [-0.25, -0.2) is 18.1 Å². The fourth-order valence-electron chi connectivity index (χ4n) is 1.48. The van der Waals surface area contributed by atoms with Crippen LogP contribution in [0.4, 0.5) is 5.69 Å². The molecule has 0 aromatic carbocycles. The van der Waals surface area contributed by atoms with E-state index in [4.69, 9.17) is 0 Å². The van der Waals surface area contributed by atoms with Crippen LogP contribution in [0.1, 0.15) is 13.3 Å². The number of anilines is 1. The zero-order valence-corrected chi connectivity index (χ0v) is 12.7. The van der Waals surface area contributed by atoms with E-state index in [-0.39, 0.29) is 11.6 Å². The Hall–Kier alpha value is -0.990. The van der Waals surface area contributed by atoms with Gasteiger partial charge in [0.1, 0.15) is 0 Å². The second kappa shape index (κ2) is 7.56. The Balaban J connectivity index is 2.74. The lowest BCUT2D eigenvalue weighted by atomic mass is 10.4. The predicted molar refractivity (Wildman–Crippen MR) is 77.1 cm³/mol. The van der Waals surface area contributed by atoms with Gasteiger partial charge in [0, 0.05) is 42.1 Å². The molecule has 0 aliphatic carbocycles. The van der Waals surface area contributed by atoms with Crippen LogP contribution in [0.5, 0.6) is 0 Å². The topological polar surface area (TPSA) is 88.2 Å². The van der Waals surface area contributed by atoms with E-state index in [0.29, 0.717) is 24.4 Å². The summed E-state index contributed by atoms with van der Waals surface area (Å²) in [6, 6.07) is 3.35. The molecule has 0 aliphatic heterocycles. The fraction of sp³-hybridized carbons (Fsp3) is 0.545. The molecule has 108 valence electrons. The molecule has 0 saturated carbocycles. The molecular weight excluding hydrogens is 286 g/mol. The minimum absolute atomic E-state index is 0.00512. The molecule has 1 rings (SSSR count). The van der Waals surface area contributed by atoms with Crippen molar-refractivity contribution in [3.8, 4) is 0 Å². The highest BCUT2D eigenvalue weighted by molar-refractivity contribution is 7.89.